The van der Waals surface area contributed by atoms with Crippen molar-refractivity contribution in [2.45, 2.75) is 51.9 Å². The number of hydrogen-bond acceptors (Lipinski definition) is 4. The van der Waals surface area contributed by atoms with Gasteiger partial charge in [-0.1, -0.05) is 62.2 Å². The van der Waals surface area contributed by atoms with Crippen molar-refractivity contribution in [1.82, 2.24) is 10.1 Å². The minimum Gasteiger partial charge on any atom is -0.354 e. The van der Waals surface area contributed by atoms with Crippen molar-refractivity contribution in [3.8, 4) is 0 Å². The van der Waals surface area contributed by atoms with Crippen molar-refractivity contribution in [2.75, 3.05) is 37.6 Å². The molecule has 1 aliphatic heterocycles. The Balaban J connectivity index is 1.26. The summed E-state index contributed by atoms with van der Waals surface area (Å²) in [6.45, 7) is 7.41. The van der Waals surface area contributed by atoms with Crippen molar-refractivity contribution in [2.24, 2.45) is 11.8 Å². The summed E-state index contributed by atoms with van der Waals surface area (Å²) in [5, 5.41) is 5.09. The van der Waals surface area contributed by atoms with Crippen LogP contribution >= 0.6 is 11.6 Å². The lowest BCUT2D eigenvalue weighted by Gasteiger charge is -2.36. The van der Waals surface area contributed by atoms with Crippen LogP contribution in [0.1, 0.15) is 51.9 Å². The van der Waals surface area contributed by atoms with Crippen LogP contribution in [0.3, 0.4) is 0 Å². The molecule has 2 aliphatic rings. The number of fused-ring (bicyclic) bond motifs is 1. The largest absolute Gasteiger partial charge is 0.354 e. The Morgan fingerprint density at radius 1 is 1.07 bits per heavy atom. The lowest BCUT2D eigenvalue weighted by atomic mass is 9.79. The summed E-state index contributed by atoms with van der Waals surface area (Å²) in [5.74, 6) is 2.22. The second kappa shape index (κ2) is 9.00. The summed E-state index contributed by atoms with van der Waals surface area (Å²) >= 11 is 5.95. The van der Waals surface area contributed by atoms with Crippen LogP contribution in [0.5, 0.6) is 0 Å². The van der Waals surface area contributed by atoms with Crippen molar-refractivity contribution >= 4 is 28.4 Å². The summed E-state index contributed by atoms with van der Waals surface area (Å²) in [6.07, 6.45) is 9.81. The molecule has 2 aromatic rings. The maximum absolute atomic E-state index is 13.6. The first-order chi connectivity index (χ1) is 13.6. The molecule has 2 heterocycles. The van der Waals surface area contributed by atoms with Crippen LogP contribution in [-0.4, -0.2) is 42.8 Å². The van der Waals surface area contributed by atoms with E-state index in [0.29, 0.717) is 5.58 Å². The first-order valence-corrected chi connectivity index (χ1v) is 11.2. The molecule has 0 N–H and O–H groups in total. The van der Waals surface area contributed by atoms with Crippen molar-refractivity contribution < 1.29 is 8.91 Å². The lowest BCUT2D eigenvalue weighted by molar-refractivity contribution is 0.200. The van der Waals surface area contributed by atoms with E-state index in [2.05, 4.69) is 21.9 Å². The molecule has 1 aromatic carbocycles. The van der Waals surface area contributed by atoms with Crippen LogP contribution in [-0.2, 0) is 0 Å². The molecule has 1 aromatic heterocycles. The van der Waals surface area contributed by atoms with Gasteiger partial charge in [-0.25, -0.2) is 4.39 Å². The standard InChI is InChI=1S/C22H31ClFN3O/c1-2-3-16-4-6-17(7-5-16)8-9-26-10-12-27(13-11-26)22-18-14-19(23)20(24)15-21(18)28-25-22/h14-17H,2-13H2,1H3. The molecule has 0 radical (unpaired) electrons. The zero-order valence-corrected chi connectivity index (χ0v) is 17.6. The van der Waals surface area contributed by atoms with Crippen LogP contribution in [0.2, 0.25) is 5.02 Å². The van der Waals surface area contributed by atoms with Gasteiger partial charge in [-0.3, -0.25) is 4.90 Å². The molecule has 4 rings (SSSR count). The van der Waals surface area contributed by atoms with Gasteiger partial charge < -0.3 is 9.42 Å². The van der Waals surface area contributed by atoms with Crippen LogP contribution in [0.15, 0.2) is 16.7 Å². The normalized spacial score (nSPS) is 24.2. The minimum absolute atomic E-state index is 0.115. The predicted molar refractivity (Wildman–Crippen MR) is 113 cm³/mol. The summed E-state index contributed by atoms with van der Waals surface area (Å²) in [6, 6.07) is 2.94. The van der Waals surface area contributed by atoms with Gasteiger partial charge >= 0.3 is 0 Å². The molecule has 0 amide bonds. The Bertz CT molecular complexity index is 779. The van der Waals surface area contributed by atoms with E-state index in [1.165, 1.54) is 57.6 Å². The van der Waals surface area contributed by atoms with Gasteiger partial charge in [-0.2, -0.15) is 0 Å². The molecule has 0 atom stereocenters. The molecule has 0 unspecified atom stereocenters. The number of halogens is 2. The van der Waals surface area contributed by atoms with Gasteiger partial charge in [0.1, 0.15) is 5.82 Å². The fourth-order valence-electron chi connectivity index (χ4n) is 4.91. The third-order valence-electron chi connectivity index (χ3n) is 6.68. The first-order valence-electron chi connectivity index (χ1n) is 10.9. The Labute approximate surface area is 172 Å². The number of piperazine rings is 1. The number of rotatable bonds is 6. The fourth-order valence-corrected chi connectivity index (χ4v) is 5.08. The van der Waals surface area contributed by atoms with E-state index < -0.39 is 5.82 Å². The highest BCUT2D eigenvalue weighted by atomic mass is 35.5. The highest BCUT2D eigenvalue weighted by Crippen LogP contribution is 2.34. The van der Waals surface area contributed by atoms with E-state index in [9.17, 15) is 4.39 Å². The molecule has 1 saturated carbocycles. The Hall–Kier alpha value is -1.33. The summed E-state index contributed by atoms with van der Waals surface area (Å²) < 4.78 is 18.9. The SMILES string of the molecule is CCCC1CCC(CCN2CCN(c3noc4cc(F)c(Cl)cc34)CC2)CC1. The van der Waals surface area contributed by atoms with Crippen molar-refractivity contribution in [1.29, 1.82) is 0 Å². The minimum atomic E-state index is -0.467. The number of anilines is 1. The molecule has 4 nitrogen and oxygen atoms in total. The highest BCUT2D eigenvalue weighted by molar-refractivity contribution is 6.31. The van der Waals surface area contributed by atoms with Gasteiger partial charge in [0, 0.05) is 32.2 Å². The van der Waals surface area contributed by atoms with E-state index in [4.69, 9.17) is 16.1 Å². The molecule has 0 bridgehead atoms. The molecule has 154 valence electrons. The Morgan fingerprint density at radius 2 is 1.75 bits per heavy atom. The average Bonchev–Trinajstić information content (AvgIpc) is 3.11. The van der Waals surface area contributed by atoms with Gasteiger partial charge in [0.2, 0.25) is 0 Å². The topological polar surface area (TPSA) is 32.5 Å². The maximum atomic E-state index is 13.6. The Morgan fingerprint density at radius 3 is 2.43 bits per heavy atom. The average molecular weight is 408 g/mol. The molecule has 1 saturated heterocycles. The second-order valence-corrected chi connectivity index (χ2v) is 8.97. The van der Waals surface area contributed by atoms with Crippen molar-refractivity contribution in [3.63, 3.8) is 0 Å². The molecular formula is C22H31ClFN3O. The smallest absolute Gasteiger partial charge is 0.180 e. The van der Waals surface area contributed by atoms with Crippen LogP contribution in [0.4, 0.5) is 10.2 Å². The Kier molecular flexibility index (Phi) is 6.42. The molecule has 2 fully saturated rings. The van der Waals surface area contributed by atoms with E-state index in [1.807, 2.05) is 0 Å². The summed E-state index contributed by atoms with van der Waals surface area (Å²) in [5.41, 5.74) is 0.456. The summed E-state index contributed by atoms with van der Waals surface area (Å²) in [4.78, 5) is 4.80. The van der Waals surface area contributed by atoms with E-state index >= 15 is 0 Å². The number of hydrogen-bond donors (Lipinski definition) is 0. The van der Waals surface area contributed by atoms with Gasteiger partial charge in [-0.05, 0) is 30.9 Å². The van der Waals surface area contributed by atoms with Crippen LogP contribution < -0.4 is 4.90 Å². The predicted octanol–water partition coefficient (Wildman–Crippen LogP) is 5.74. The van der Waals surface area contributed by atoms with Crippen LogP contribution in [0.25, 0.3) is 11.0 Å². The molecule has 0 spiro atoms. The third kappa shape index (κ3) is 4.46. The number of aromatic nitrogens is 1. The van der Waals surface area contributed by atoms with Gasteiger partial charge in [0.05, 0.1) is 10.4 Å². The lowest BCUT2D eigenvalue weighted by Crippen LogP contribution is -2.47. The van der Waals surface area contributed by atoms with Gasteiger partial charge in [-0.15, -0.1) is 0 Å². The number of nitrogens with zero attached hydrogens (tertiary/aromatic N) is 3. The zero-order chi connectivity index (χ0) is 19.5. The molecule has 1 aliphatic carbocycles. The molecule has 28 heavy (non-hydrogen) atoms. The van der Waals surface area contributed by atoms with Gasteiger partial charge in [0.15, 0.2) is 11.4 Å². The van der Waals surface area contributed by atoms with E-state index in [-0.39, 0.29) is 5.02 Å². The van der Waals surface area contributed by atoms with Crippen LogP contribution in [0, 0.1) is 17.7 Å². The third-order valence-corrected chi connectivity index (χ3v) is 6.97. The molecule has 6 heteroatoms. The number of benzene rings is 1. The summed E-state index contributed by atoms with van der Waals surface area (Å²) in [7, 11) is 0. The monoisotopic (exact) mass is 407 g/mol. The van der Waals surface area contributed by atoms with E-state index in [1.54, 1.807) is 6.07 Å². The quantitative estimate of drug-likeness (QED) is 0.611. The first kappa shape index (κ1) is 20.0. The molecular weight excluding hydrogens is 377 g/mol. The van der Waals surface area contributed by atoms with E-state index in [0.717, 1.165) is 49.2 Å². The highest BCUT2D eigenvalue weighted by Gasteiger charge is 2.24. The maximum Gasteiger partial charge on any atom is 0.180 e. The second-order valence-electron chi connectivity index (χ2n) is 8.56. The van der Waals surface area contributed by atoms with Crippen molar-refractivity contribution in [3.05, 3.63) is 23.0 Å². The zero-order valence-electron chi connectivity index (χ0n) is 16.8. The van der Waals surface area contributed by atoms with Gasteiger partial charge in [0.25, 0.3) is 0 Å². The fraction of sp³-hybridized carbons (Fsp3) is 0.682.